The molecule has 0 fully saturated rings. The predicted molar refractivity (Wildman–Crippen MR) is 65.8 cm³/mol. The molecular formula is C9H14BrN3S. The van der Waals surface area contributed by atoms with Gasteiger partial charge in [-0.25, -0.2) is 9.97 Å². The molecule has 1 aromatic heterocycles. The van der Waals surface area contributed by atoms with Crippen LogP contribution in [0.1, 0.15) is 6.92 Å². The Morgan fingerprint density at radius 1 is 1.57 bits per heavy atom. The lowest BCUT2D eigenvalue weighted by Gasteiger charge is -2.11. The SMILES string of the molecule is CSCC(C)CNc1cc(Br)ncn1. The van der Waals surface area contributed by atoms with Gasteiger partial charge in [-0.15, -0.1) is 0 Å². The molecule has 1 heterocycles. The van der Waals surface area contributed by atoms with E-state index < -0.39 is 0 Å². The lowest BCUT2D eigenvalue weighted by atomic mass is 10.2. The summed E-state index contributed by atoms with van der Waals surface area (Å²) in [6.45, 7) is 3.17. The Labute approximate surface area is 97.2 Å². The molecule has 0 aromatic carbocycles. The Balaban J connectivity index is 2.37. The van der Waals surface area contributed by atoms with Crippen LogP contribution >= 0.6 is 27.7 Å². The first-order valence-electron chi connectivity index (χ1n) is 4.42. The molecule has 3 nitrogen and oxygen atoms in total. The van der Waals surface area contributed by atoms with E-state index in [9.17, 15) is 0 Å². The summed E-state index contributed by atoms with van der Waals surface area (Å²) in [5.74, 6) is 2.69. The van der Waals surface area contributed by atoms with Crippen LogP contribution in [0.4, 0.5) is 5.82 Å². The second-order valence-electron chi connectivity index (χ2n) is 3.17. The van der Waals surface area contributed by atoms with Crippen LogP contribution in [-0.2, 0) is 0 Å². The third-order valence-corrected chi connectivity index (χ3v) is 3.05. The fraction of sp³-hybridized carbons (Fsp3) is 0.556. The average Bonchev–Trinajstić information content (AvgIpc) is 2.15. The van der Waals surface area contributed by atoms with Crippen molar-refractivity contribution in [3.63, 3.8) is 0 Å². The van der Waals surface area contributed by atoms with E-state index in [4.69, 9.17) is 0 Å². The maximum atomic E-state index is 4.11. The summed E-state index contributed by atoms with van der Waals surface area (Å²) in [5, 5.41) is 3.28. The summed E-state index contributed by atoms with van der Waals surface area (Å²) in [4.78, 5) is 8.08. The van der Waals surface area contributed by atoms with E-state index in [1.807, 2.05) is 17.8 Å². The minimum Gasteiger partial charge on any atom is -0.370 e. The van der Waals surface area contributed by atoms with Crippen molar-refractivity contribution in [2.75, 3.05) is 23.9 Å². The molecule has 0 bridgehead atoms. The molecule has 0 amide bonds. The highest BCUT2D eigenvalue weighted by Crippen LogP contribution is 2.11. The maximum absolute atomic E-state index is 4.11. The first-order chi connectivity index (χ1) is 6.72. The minimum atomic E-state index is 0.652. The van der Waals surface area contributed by atoms with Crippen LogP contribution in [0.2, 0.25) is 0 Å². The number of aromatic nitrogens is 2. The number of hydrogen-bond donors (Lipinski definition) is 1. The van der Waals surface area contributed by atoms with Crippen molar-refractivity contribution < 1.29 is 0 Å². The van der Waals surface area contributed by atoms with Crippen LogP contribution in [0.15, 0.2) is 17.0 Å². The summed E-state index contributed by atoms with van der Waals surface area (Å²) in [5.41, 5.74) is 0. The van der Waals surface area contributed by atoms with Crippen molar-refractivity contribution in [3.05, 3.63) is 17.0 Å². The molecule has 5 heteroatoms. The Hall–Kier alpha value is -0.290. The Bertz CT molecular complexity index is 283. The zero-order valence-corrected chi connectivity index (χ0v) is 10.7. The number of anilines is 1. The zero-order valence-electron chi connectivity index (χ0n) is 8.33. The molecule has 0 saturated carbocycles. The Morgan fingerprint density at radius 2 is 2.36 bits per heavy atom. The van der Waals surface area contributed by atoms with Crippen molar-refractivity contribution in [1.82, 2.24) is 9.97 Å². The molecule has 1 unspecified atom stereocenters. The lowest BCUT2D eigenvalue weighted by molar-refractivity contribution is 0.699. The maximum Gasteiger partial charge on any atom is 0.130 e. The Kier molecular flexibility index (Phi) is 5.25. The highest BCUT2D eigenvalue weighted by atomic mass is 79.9. The molecule has 14 heavy (non-hydrogen) atoms. The summed E-state index contributed by atoms with van der Waals surface area (Å²) < 4.78 is 0.813. The fourth-order valence-electron chi connectivity index (χ4n) is 1.05. The molecule has 0 spiro atoms. The molecule has 0 aliphatic carbocycles. The lowest BCUT2D eigenvalue weighted by Crippen LogP contribution is -2.14. The van der Waals surface area contributed by atoms with Crippen molar-refractivity contribution in [1.29, 1.82) is 0 Å². The highest BCUT2D eigenvalue weighted by molar-refractivity contribution is 9.10. The van der Waals surface area contributed by atoms with E-state index >= 15 is 0 Å². The van der Waals surface area contributed by atoms with Gasteiger partial charge in [-0.1, -0.05) is 6.92 Å². The number of thioether (sulfide) groups is 1. The van der Waals surface area contributed by atoms with Gasteiger partial charge in [0.2, 0.25) is 0 Å². The smallest absolute Gasteiger partial charge is 0.130 e. The van der Waals surface area contributed by atoms with E-state index in [0.29, 0.717) is 5.92 Å². The number of rotatable bonds is 5. The van der Waals surface area contributed by atoms with Crippen molar-refractivity contribution in [2.45, 2.75) is 6.92 Å². The molecule has 78 valence electrons. The first-order valence-corrected chi connectivity index (χ1v) is 6.61. The third kappa shape index (κ3) is 4.28. The van der Waals surface area contributed by atoms with Gasteiger partial charge in [-0.3, -0.25) is 0 Å². The third-order valence-electron chi connectivity index (χ3n) is 1.72. The molecule has 0 radical (unpaired) electrons. The number of nitrogens with one attached hydrogen (secondary N) is 1. The molecule has 1 aromatic rings. The van der Waals surface area contributed by atoms with Crippen molar-refractivity contribution in [3.8, 4) is 0 Å². The molecular weight excluding hydrogens is 262 g/mol. The van der Waals surface area contributed by atoms with Crippen LogP contribution in [-0.4, -0.2) is 28.5 Å². The minimum absolute atomic E-state index is 0.652. The zero-order chi connectivity index (χ0) is 10.4. The van der Waals surface area contributed by atoms with Crippen molar-refractivity contribution >= 4 is 33.5 Å². The second kappa shape index (κ2) is 6.24. The second-order valence-corrected chi connectivity index (χ2v) is 4.89. The van der Waals surface area contributed by atoms with E-state index in [0.717, 1.165) is 17.0 Å². The largest absolute Gasteiger partial charge is 0.370 e. The van der Waals surface area contributed by atoms with Crippen LogP contribution in [0, 0.1) is 5.92 Å². The predicted octanol–water partition coefficient (Wildman–Crippen LogP) is 2.65. The van der Waals surface area contributed by atoms with Gasteiger partial charge in [-0.2, -0.15) is 11.8 Å². The molecule has 1 rings (SSSR count). The molecule has 0 saturated heterocycles. The van der Waals surface area contributed by atoms with Gasteiger partial charge in [0, 0.05) is 12.6 Å². The number of nitrogens with zero attached hydrogens (tertiary/aromatic N) is 2. The monoisotopic (exact) mass is 275 g/mol. The normalized spacial score (nSPS) is 12.5. The average molecular weight is 276 g/mol. The number of halogens is 1. The van der Waals surface area contributed by atoms with Gasteiger partial charge in [0.25, 0.3) is 0 Å². The van der Waals surface area contributed by atoms with Gasteiger partial charge >= 0.3 is 0 Å². The van der Waals surface area contributed by atoms with Gasteiger partial charge in [-0.05, 0) is 33.9 Å². The summed E-state index contributed by atoms with van der Waals surface area (Å²) in [6.07, 6.45) is 3.67. The van der Waals surface area contributed by atoms with Gasteiger partial charge in [0.1, 0.15) is 16.7 Å². The van der Waals surface area contributed by atoms with Crippen LogP contribution in [0.3, 0.4) is 0 Å². The van der Waals surface area contributed by atoms with E-state index in [2.05, 4.69) is 44.4 Å². The standard InChI is InChI=1S/C9H14BrN3S/c1-7(5-14-2)4-11-9-3-8(10)12-6-13-9/h3,6-7H,4-5H2,1-2H3,(H,11,12,13). The quantitative estimate of drug-likeness (QED) is 0.839. The van der Waals surface area contributed by atoms with E-state index in [-0.39, 0.29) is 0 Å². The topological polar surface area (TPSA) is 37.8 Å². The molecule has 0 aliphatic heterocycles. The molecule has 1 atom stereocenters. The fourth-order valence-corrected chi connectivity index (χ4v) is 2.05. The van der Waals surface area contributed by atoms with Gasteiger partial charge < -0.3 is 5.32 Å². The molecule has 0 aliphatic rings. The summed E-state index contributed by atoms with van der Waals surface area (Å²) in [7, 11) is 0. The Morgan fingerprint density at radius 3 is 3.00 bits per heavy atom. The first kappa shape index (κ1) is 11.8. The summed E-state index contributed by atoms with van der Waals surface area (Å²) >= 11 is 5.17. The van der Waals surface area contributed by atoms with E-state index in [1.54, 1.807) is 6.33 Å². The van der Waals surface area contributed by atoms with E-state index in [1.165, 1.54) is 5.75 Å². The van der Waals surface area contributed by atoms with Crippen molar-refractivity contribution in [2.24, 2.45) is 5.92 Å². The highest BCUT2D eigenvalue weighted by Gasteiger charge is 2.01. The van der Waals surface area contributed by atoms with Crippen LogP contribution < -0.4 is 5.32 Å². The number of hydrogen-bond acceptors (Lipinski definition) is 4. The molecule has 1 N–H and O–H groups in total. The van der Waals surface area contributed by atoms with Gasteiger partial charge in [0.05, 0.1) is 0 Å². The van der Waals surface area contributed by atoms with Crippen LogP contribution in [0.25, 0.3) is 0 Å². The van der Waals surface area contributed by atoms with Crippen LogP contribution in [0.5, 0.6) is 0 Å². The summed E-state index contributed by atoms with van der Waals surface area (Å²) in [6, 6.07) is 1.88. The van der Waals surface area contributed by atoms with Gasteiger partial charge in [0.15, 0.2) is 0 Å².